The average Bonchev–Trinajstić information content (AvgIpc) is 2.47. The van der Waals surface area contributed by atoms with Gasteiger partial charge >= 0.3 is 5.69 Å². The van der Waals surface area contributed by atoms with Gasteiger partial charge in [0, 0.05) is 6.07 Å². The van der Waals surface area contributed by atoms with Crippen molar-refractivity contribution >= 4 is 5.69 Å². The molecule has 0 heterocycles. The second kappa shape index (κ2) is 6.53. The summed E-state index contributed by atoms with van der Waals surface area (Å²) in [5, 5.41) is 19.7. The first kappa shape index (κ1) is 14.5. The van der Waals surface area contributed by atoms with Crippen LogP contribution in [0.2, 0.25) is 0 Å². The Morgan fingerprint density at radius 1 is 1.19 bits per heavy atom. The number of nitro benzene ring substituents is 1. The Kier molecular flexibility index (Phi) is 4.52. The Labute approximate surface area is 122 Å². The molecule has 0 radical (unpaired) electrons. The average molecular weight is 282 g/mol. The minimum Gasteiger partial charge on any atom is -0.482 e. The van der Waals surface area contributed by atoms with Crippen molar-refractivity contribution in [1.29, 1.82) is 5.26 Å². The van der Waals surface area contributed by atoms with Crippen molar-refractivity contribution in [1.82, 2.24) is 0 Å². The van der Waals surface area contributed by atoms with Gasteiger partial charge in [-0.25, -0.2) is 0 Å². The van der Waals surface area contributed by atoms with Gasteiger partial charge in [0.1, 0.15) is 6.61 Å². The van der Waals surface area contributed by atoms with Crippen molar-refractivity contribution < 1.29 is 9.66 Å². The minimum atomic E-state index is -0.495. The van der Waals surface area contributed by atoms with E-state index in [1.54, 1.807) is 12.1 Å². The topological polar surface area (TPSA) is 76.2 Å². The largest absolute Gasteiger partial charge is 0.482 e. The Hall–Kier alpha value is -2.87. The first-order valence-electron chi connectivity index (χ1n) is 6.43. The third kappa shape index (κ3) is 3.80. The van der Waals surface area contributed by atoms with Gasteiger partial charge in [-0.1, -0.05) is 35.9 Å². The third-order valence-corrected chi connectivity index (χ3v) is 3.02. The molecule has 0 aromatic heterocycles. The normalized spacial score (nSPS) is 9.90. The first-order valence-corrected chi connectivity index (χ1v) is 6.43. The predicted molar refractivity (Wildman–Crippen MR) is 77.9 cm³/mol. The van der Waals surface area contributed by atoms with Gasteiger partial charge in [-0.05, 0) is 24.1 Å². The summed E-state index contributed by atoms with van der Waals surface area (Å²) in [6, 6.07) is 14.3. The summed E-state index contributed by atoms with van der Waals surface area (Å²) in [7, 11) is 0. The zero-order chi connectivity index (χ0) is 15.2. The molecule has 0 aliphatic carbocycles. The molecular weight excluding hydrogens is 268 g/mol. The summed E-state index contributed by atoms with van der Waals surface area (Å²) < 4.78 is 5.53. The van der Waals surface area contributed by atoms with Gasteiger partial charge in [-0.3, -0.25) is 10.1 Å². The summed E-state index contributed by atoms with van der Waals surface area (Å²) in [5.41, 5.74) is 2.57. The van der Waals surface area contributed by atoms with Crippen LogP contribution in [0.15, 0.2) is 42.5 Å². The second-order valence-electron chi connectivity index (χ2n) is 4.67. The molecule has 2 rings (SSSR count). The number of nitriles is 1. The molecule has 0 atom stereocenters. The molecule has 106 valence electrons. The monoisotopic (exact) mass is 282 g/mol. The van der Waals surface area contributed by atoms with Crippen LogP contribution in [-0.2, 0) is 13.0 Å². The summed E-state index contributed by atoms with van der Waals surface area (Å²) >= 11 is 0. The number of rotatable bonds is 5. The smallest absolute Gasteiger partial charge is 0.311 e. The van der Waals surface area contributed by atoms with E-state index in [1.165, 1.54) is 6.07 Å². The molecular formula is C16H14N2O3. The number of nitrogens with zero attached hydrogens (tertiary/aromatic N) is 2. The third-order valence-electron chi connectivity index (χ3n) is 3.02. The van der Waals surface area contributed by atoms with E-state index in [0.29, 0.717) is 5.56 Å². The van der Waals surface area contributed by atoms with Crippen molar-refractivity contribution in [2.75, 3.05) is 0 Å². The van der Waals surface area contributed by atoms with Crippen molar-refractivity contribution in [2.24, 2.45) is 0 Å². The van der Waals surface area contributed by atoms with Crippen LogP contribution in [0.4, 0.5) is 5.69 Å². The lowest BCUT2D eigenvalue weighted by Gasteiger charge is -2.08. The molecule has 0 saturated heterocycles. The number of benzene rings is 2. The van der Waals surface area contributed by atoms with Crippen molar-refractivity contribution in [3.63, 3.8) is 0 Å². The highest BCUT2D eigenvalue weighted by molar-refractivity contribution is 5.49. The predicted octanol–water partition coefficient (Wildman–Crippen LogP) is 3.55. The van der Waals surface area contributed by atoms with Crippen LogP contribution in [-0.4, -0.2) is 4.92 Å². The molecule has 21 heavy (non-hydrogen) atoms. The molecule has 2 aromatic carbocycles. The quantitative estimate of drug-likeness (QED) is 0.620. The lowest BCUT2D eigenvalue weighted by molar-refractivity contribution is -0.386. The number of ether oxygens (including phenoxy) is 1. The maximum Gasteiger partial charge on any atom is 0.311 e. The highest BCUT2D eigenvalue weighted by Crippen LogP contribution is 2.28. The lowest BCUT2D eigenvalue weighted by atomic mass is 10.1. The van der Waals surface area contributed by atoms with Crippen LogP contribution in [0.3, 0.4) is 0 Å². The van der Waals surface area contributed by atoms with E-state index in [-0.39, 0.29) is 24.5 Å². The van der Waals surface area contributed by atoms with E-state index in [4.69, 9.17) is 10.00 Å². The molecule has 0 saturated carbocycles. The van der Waals surface area contributed by atoms with E-state index in [9.17, 15) is 10.1 Å². The van der Waals surface area contributed by atoms with E-state index in [0.717, 1.165) is 11.1 Å². The number of hydrogen-bond acceptors (Lipinski definition) is 4. The first-order chi connectivity index (χ1) is 10.1. The van der Waals surface area contributed by atoms with Crippen LogP contribution in [0, 0.1) is 28.4 Å². The molecule has 0 aliphatic heterocycles. The summed E-state index contributed by atoms with van der Waals surface area (Å²) in [4.78, 5) is 10.6. The number of hydrogen-bond donors (Lipinski definition) is 0. The van der Waals surface area contributed by atoms with Gasteiger partial charge in [-0.15, -0.1) is 0 Å². The van der Waals surface area contributed by atoms with Gasteiger partial charge in [0.2, 0.25) is 0 Å². The van der Waals surface area contributed by atoms with Crippen LogP contribution in [0.25, 0.3) is 0 Å². The van der Waals surface area contributed by atoms with E-state index < -0.39 is 4.92 Å². The highest BCUT2D eigenvalue weighted by atomic mass is 16.6. The maximum absolute atomic E-state index is 11.1. The highest BCUT2D eigenvalue weighted by Gasteiger charge is 2.16. The molecule has 0 spiro atoms. The fourth-order valence-corrected chi connectivity index (χ4v) is 1.87. The Bertz CT molecular complexity index is 688. The standard InChI is InChI=1S/C16H14N2O3/c1-12-2-4-14(5-3-12)11-21-16-7-6-13(8-9-17)10-15(16)18(19)20/h2-7,10H,8,11H2,1H3. The van der Waals surface area contributed by atoms with Crippen LogP contribution < -0.4 is 4.74 Å². The van der Waals surface area contributed by atoms with Gasteiger partial charge in [0.05, 0.1) is 17.4 Å². The maximum atomic E-state index is 11.1. The fraction of sp³-hybridized carbons (Fsp3) is 0.188. The number of aryl methyl sites for hydroxylation is 1. The van der Waals surface area contributed by atoms with E-state index in [1.807, 2.05) is 37.3 Å². The molecule has 2 aromatic rings. The Morgan fingerprint density at radius 2 is 1.86 bits per heavy atom. The summed E-state index contributed by atoms with van der Waals surface area (Å²) in [6.07, 6.45) is 0.138. The lowest BCUT2D eigenvalue weighted by Crippen LogP contribution is -2.00. The van der Waals surface area contributed by atoms with Crippen LogP contribution in [0.5, 0.6) is 5.75 Å². The molecule has 0 aliphatic rings. The van der Waals surface area contributed by atoms with Crippen LogP contribution >= 0.6 is 0 Å². The van der Waals surface area contributed by atoms with Gasteiger partial charge in [-0.2, -0.15) is 5.26 Å². The molecule has 0 bridgehead atoms. The zero-order valence-electron chi connectivity index (χ0n) is 11.6. The molecule has 0 fully saturated rings. The molecule has 0 unspecified atom stereocenters. The van der Waals surface area contributed by atoms with Crippen LogP contribution in [0.1, 0.15) is 16.7 Å². The Balaban J connectivity index is 2.17. The molecule has 5 nitrogen and oxygen atoms in total. The fourth-order valence-electron chi connectivity index (χ4n) is 1.87. The molecule has 0 amide bonds. The van der Waals surface area contributed by atoms with E-state index >= 15 is 0 Å². The van der Waals surface area contributed by atoms with Crippen molar-refractivity contribution in [3.05, 3.63) is 69.3 Å². The molecule has 5 heteroatoms. The summed E-state index contributed by atoms with van der Waals surface area (Å²) in [6.45, 7) is 2.25. The van der Waals surface area contributed by atoms with Gasteiger partial charge < -0.3 is 4.74 Å². The SMILES string of the molecule is Cc1ccc(COc2ccc(CC#N)cc2[N+](=O)[O-])cc1. The Morgan fingerprint density at radius 3 is 2.48 bits per heavy atom. The second-order valence-corrected chi connectivity index (χ2v) is 4.67. The van der Waals surface area contributed by atoms with Gasteiger partial charge in [0.25, 0.3) is 0 Å². The van der Waals surface area contributed by atoms with Crippen molar-refractivity contribution in [2.45, 2.75) is 20.0 Å². The zero-order valence-corrected chi connectivity index (χ0v) is 11.6. The van der Waals surface area contributed by atoms with E-state index in [2.05, 4.69) is 0 Å². The molecule has 0 N–H and O–H groups in total. The number of nitro groups is 1. The summed E-state index contributed by atoms with van der Waals surface area (Å²) in [5.74, 6) is 0.210. The minimum absolute atomic E-state index is 0.116. The van der Waals surface area contributed by atoms with Crippen molar-refractivity contribution in [3.8, 4) is 11.8 Å². The van der Waals surface area contributed by atoms with Gasteiger partial charge in [0.15, 0.2) is 5.75 Å².